The van der Waals surface area contributed by atoms with Crippen LogP contribution in [-0.2, 0) is 11.3 Å². The summed E-state index contributed by atoms with van der Waals surface area (Å²) in [6, 6.07) is 4.52. The quantitative estimate of drug-likeness (QED) is 0.927. The van der Waals surface area contributed by atoms with Crippen LogP contribution in [0.15, 0.2) is 12.1 Å². The zero-order valence-corrected chi connectivity index (χ0v) is 13.4. The number of carbonyl (C=O) groups is 1. The molecule has 19 heavy (non-hydrogen) atoms. The second-order valence-corrected chi connectivity index (χ2v) is 6.63. The highest BCUT2D eigenvalue weighted by molar-refractivity contribution is 7.11. The molecule has 1 saturated heterocycles. The average Bonchev–Trinajstić information content (AvgIpc) is 2.95. The molecule has 0 radical (unpaired) electrons. The molecule has 1 fully saturated rings. The molecule has 0 saturated carbocycles. The standard InChI is InChI=1S/C14H22N2OS.ClH/c1-10(2)16(9-13-5-4-11(3)18-13)14(17)12-6-7-15-8-12;/h4-5,10,12,15H,6-9H2,1-3H3;1H. The van der Waals surface area contributed by atoms with Gasteiger partial charge < -0.3 is 10.2 Å². The van der Waals surface area contributed by atoms with Gasteiger partial charge in [0.25, 0.3) is 0 Å². The third-order valence-electron chi connectivity index (χ3n) is 3.44. The molecule has 0 aliphatic carbocycles. The Balaban J connectivity index is 0.00000180. The summed E-state index contributed by atoms with van der Waals surface area (Å²) in [5, 5.41) is 3.27. The average molecular weight is 303 g/mol. The minimum atomic E-state index is 0. The summed E-state index contributed by atoms with van der Waals surface area (Å²) < 4.78 is 0. The Labute approximate surface area is 125 Å². The van der Waals surface area contributed by atoms with Gasteiger partial charge in [0.2, 0.25) is 5.91 Å². The molecule has 5 heteroatoms. The topological polar surface area (TPSA) is 32.3 Å². The van der Waals surface area contributed by atoms with E-state index in [0.717, 1.165) is 26.1 Å². The Morgan fingerprint density at radius 3 is 2.74 bits per heavy atom. The Morgan fingerprint density at radius 2 is 2.26 bits per heavy atom. The van der Waals surface area contributed by atoms with E-state index in [1.807, 2.05) is 4.90 Å². The second-order valence-electron chi connectivity index (χ2n) is 5.26. The van der Waals surface area contributed by atoms with Gasteiger partial charge in [0.1, 0.15) is 0 Å². The van der Waals surface area contributed by atoms with Gasteiger partial charge in [0.15, 0.2) is 0 Å². The van der Waals surface area contributed by atoms with E-state index >= 15 is 0 Å². The first-order valence-electron chi connectivity index (χ1n) is 6.64. The van der Waals surface area contributed by atoms with Crippen LogP contribution in [0.1, 0.15) is 30.0 Å². The lowest BCUT2D eigenvalue weighted by Gasteiger charge is -2.28. The molecular formula is C14H23ClN2OS. The summed E-state index contributed by atoms with van der Waals surface area (Å²) in [7, 11) is 0. The Morgan fingerprint density at radius 1 is 1.53 bits per heavy atom. The van der Waals surface area contributed by atoms with Crippen molar-refractivity contribution in [3.05, 3.63) is 21.9 Å². The normalized spacial score (nSPS) is 18.4. The lowest BCUT2D eigenvalue weighted by Crippen LogP contribution is -2.40. The Hall–Kier alpha value is -0.580. The van der Waals surface area contributed by atoms with Gasteiger partial charge in [-0.1, -0.05) is 0 Å². The number of hydrogen-bond donors (Lipinski definition) is 1. The van der Waals surface area contributed by atoms with Gasteiger partial charge >= 0.3 is 0 Å². The molecule has 108 valence electrons. The van der Waals surface area contributed by atoms with Crippen LogP contribution in [0.3, 0.4) is 0 Å². The molecule has 0 bridgehead atoms. The van der Waals surface area contributed by atoms with Crippen LogP contribution < -0.4 is 5.32 Å². The summed E-state index contributed by atoms with van der Waals surface area (Å²) in [4.78, 5) is 17.1. The van der Waals surface area contributed by atoms with Crippen LogP contribution in [0.2, 0.25) is 0 Å². The predicted molar refractivity (Wildman–Crippen MR) is 83.0 cm³/mol. The molecule has 2 heterocycles. The summed E-state index contributed by atoms with van der Waals surface area (Å²) in [6.07, 6.45) is 0.978. The van der Waals surface area contributed by atoms with Crippen molar-refractivity contribution in [3.8, 4) is 0 Å². The van der Waals surface area contributed by atoms with Gasteiger partial charge in [-0.2, -0.15) is 0 Å². The molecule has 0 aromatic carbocycles. The zero-order valence-electron chi connectivity index (χ0n) is 11.8. The first-order valence-corrected chi connectivity index (χ1v) is 7.46. The van der Waals surface area contributed by atoms with Gasteiger partial charge in [0.05, 0.1) is 12.5 Å². The maximum absolute atomic E-state index is 12.5. The Kier molecular flexibility index (Phi) is 6.30. The van der Waals surface area contributed by atoms with Crippen molar-refractivity contribution in [1.29, 1.82) is 0 Å². The summed E-state index contributed by atoms with van der Waals surface area (Å²) >= 11 is 1.78. The molecule has 2 rings (SSSR count). The number of nitrogens with one attached hydrogen (secondary N) is 1. The van der Waals surface area contributed by atoms with Crippen LogP contribution >= 0.6 is 23.7 Å². The maximum Gasteiger partial charge on any atom is 0.227 e. The molecule has 1 atom stereocenters. The highest BCUT2D eigenvalue weighted by atomic mass is 35.5. The smallest absolute Gasteiger partial charge is 0.227 e. The number of hydrogen-bond acceptors (Lipinski definition) is 3. The highest BCUT2D eigenvalue weighted by Gasteiger charge is 2.28. The largest absolute Gasteiger partial charge is 0.335 e. The number of thiophene rings is 1. The van der Waals surface area contributed by atoms with Crippen LogP contribution in [0, 0.1) is 12.8 Å². The van der Waals surface area contributed by atoms with Gasteiger partial charge in [-0.25, -0.2) is 0 Å². The molecule has 1 aromatic heterocycles. The molecule has 1 aliphatic rings. The number of halogens is 1. The van der Waals surface area contributed by atoms with E-state index in [-0.39, 0.29) is 24.4 Å². The van der Waals surface area contributed by atoms with Gasteiger partial charge in [-0.3, -0.25) is 4.79 Å². The number of carbonyl (C=O) groups excluding carboxylic acids is 1. The minimum Gasteiger partial charge on any atom is -0.335 e. The molecule has 1 unspecified atom stereocenters. The monoisotopic (exact) mass is 302 g/mol. The maximum atomic E-state index is 12.5. The van der Waals surface area contributed by atoms with Crippen molar-refractivity contribution in [1.82, 2.24) is 10.2 Å². The van der Waals surface area contributed by atoms with Crippen molar-refractivity contribution >= 4 is 29.7 Å². The fraction of sp³-hybridized carbons (Fsp3) is 0.643. The van der Waals surface area contributed by atoms with E-state index < -0.39 is 0 Å². The highest BCUT2D eigenvalue weighted by Crippen LogP contribution is 2.21. The van der Waals surface area contributed by atoms with Crippen molar-refractivity contribution in [2.45, 2.75) is 39.8 Å². The number of amides is 1. The van der Waals surface area contributed by atoms with Crippen LogP contribution in [0.25, 0.3) is 0 Å². The first-order chi connectivity index (χ1) is 8.58. The van der Waals surface area contributed by atoms with Crippen molar-refractivity contribution in [3.63, 3.8) is 0 Å². The molecule has 1 aromatic rings. The number of rotatable bonds is 4. The third kappa shape index (κ3) is 4.20. The summed E-state index contributed by atoms with van der Waals surface area (Å²) in [6.45, 7) is 8.87. The zero-order chi connectivity index (χ0) is 13.1. The van der Waals surface area contributed by atoms with Crippen molar-refractivity contribution in [2.24, 2.45) is 5.92 Å². The van der Waals surface area contributed by atoms with E-state index in [2.05, 4.69) is 38.2 Å². The molecule has 3 nitrogen and oxygen atoms in total. The summed E-state index contributed by atoms with van der Waals surface area (Å²) in [5.74, 6) is 0.481. The lowest BCUT2D eigenvalue weighted by atomic mass is 10.1. The van der Waals surface area contributed by atoms with Gasteiger partial charge in [-0.15, -0.1) is 23.7 Å². The second kappa shape index (κ2) is 7.27. The molecule has 1 aliphatic heterocycles. The summed E-state index contributed by atoms with van der Waals surface area (Å²) in [5.41, 5.74) is 0. The fourth-order valence-corrected chi connectivity index (χ4v) is 3.24. The van der Waals surface area contributed by atoms with Crippen LogP contribution in [0.5, 0.6) is 0 Å². The molecule has 1 amide bonds. The predicted octanol–water partition coefficient (Wildman–Crippen LogP) is 2.82. The Bertz CT molecular complexity index is 413. The van der Waals surface area contributed by atoms with E-state index in [0.29, 0.717) is 5.91 Å². The van der Waals surface area contributed by atoms with Crippen LogP contribution in [-0.4, -0.2) is 29.9 Å². The first kappa shape index (κ1) is 16.5. The van der Waals surface area contributed by atoms with Crippen molar-refractivity contribution in [2.75, 3.05) is 13.1 Å². The number of aryl methyl sites for hydroxylation is 1. The molecule has 0 spiro atoms. The SMILES string of the molecule is Cc1ccc(CN(C(=O)C2CCNC2)C(C)C)s1.Cl. The van der Waals surface area contributed by atoms with Crippen LogP contribution in [0.4, 0.5) is 0 Å². The number of nitrogens with zero attached hydrogens (tertiary/aromatic N) is 1. The van der Waals surface area contributed by atoms with E-state index in [1.54, 1.807) is 11.3 Å². The molecular weight excluding hydrogens is 280 g/mol. The van der Waals surface area contributed by atoms with Gasteiger partial charge in [0, 0.05) is 22.3 Å². The third-order valence-corrected chi connectivity index (χ3v) is 4.42. The lowest BCUT2D eigenvalue weighted by molar-refractivity contribution is -0.137. The molecule has 1 N–H and O–H groups in total. The van der Waals surface area contributed by atoms with Crippen molar-refractivity contribution < 1.29 is 4.79 Å². The fourth-order valence-electron chi connectivity index (χ4n) is 2.35. The van der Waals surface area contributed by atoms with Gasteiger partial charge in [-0.05, 0) is 45.9 Å². The van der Waals surface area contributed by atoms with E-state index in [4.69, 9.17) is 0 Å². The minimum absolute atomic E-state index is 0. The van der Waals surface area contributed by atoms with E-state index in [1.165, 1.54) is 9.75 Å². The van der Waals surface area contributed by atoms with E-state index in [9.17, 15) is 4.79 Å².